The molecule has 1 heterocycles. The molecular formula is C11H22O4S. The summed E-state index contributed by atoms with van der Waals surface area (Å²) in [4.78, 5) is 0. The smallest absolute Gasteiger partial charge is 0.244 e. The molecule has 0 bridgehead atoms. The molecule has 5 heteroatoms. The molecule has 4 nitrogen and oxygen atoms in total. The predicted molar refractivity (Wildman–Crippen MR) is 62.2 cm³/mol. The van der Waals surface area contributed by atoms with E-state index in [2.05, 4.69) is 0 Å². The molecule has 16 heavy (non-hydrogen) atoms. The van der Waals surface area contributed by atoms with Gasteiger partial charge in [-0.15, -0.1) is 0 Å². The zero-order valence-electron chi connectivity index (χ0n) is 10.9. The summed E-state index contributed by atoms with van der Waals surface area (Å²) >= 11 is 0. The monoisotopic (exact) mass is 250 g/mol. The van der Waals surface area contributed by atoms with Crippen LogP contribution >= 0.6 is 0 Å². The zero-order valence-corrected chi connectivity index (χ0v) is 11.7. The fourth-order valence-corrected chi connectivity index (χ4v) is 2.92. The van der Waals surface area contributed by atoms with E-state index >= 15 is 0 Å². The summed E-state index contributed by atoms with van der Waals surface area (Å²) in [6.07, 6.45) is -0.0439. The second-order valence-corrected chi connectivity index (χ2v) is 7.75. The van der Waals surface area contributed by atoms with Gasteiger partial charge in [-0.05, 0) is 10.8 Å². The molecule has 0 radical (unpaired) electrons. The zero-order chi connectivity index (χ0) is 12.8. The van der Waals surface area contributed by atoms with E-state index in [1.165, 1.54) is 0 Å². The van der Waals surface area contributed by atoms with E-state index < -0.39 is 10.4 Å². The lowest BCUT2D eigenvalue weighted by Gasteiger charge is -2.40. The molecule has 0 amide bonds. The highest BCUT2D eigenvalue weighted by Gasteiger charge is 2.43. The molecule has 0 aromatic carbocycles. The van der Waals surface area contributed by atoms with Crippen LogP contribution in [-0.4, -0.2) is 20.6 Å². The third-order valence-corrected chi connectivity index (χ3v) is 3.76. The normalized spacial score (nSPS) is 31.4. The van der Waals surface area contributed by atoms with Crippen LogP contribution in [0.25, 0.3) is 0 Å². The average molecular weight is 250 g/mol. The van der Waals surface area contributed by atoms with Crippen LogP contribution in [0, 0.1) is 10.8 Å². The Bertz CT molecular complexity index is 317. The molecule has 0 N–H and O–H groups in total. The van der Waals surface area contributed by atoms with E-state index in [9.17, 15) is 8.42 Å². The second kappa shape index (κ2) is 3.96. The van der Waals surface area contributed by atoms with Crippen LogP contribution in [0.1, 0.15) is 48.0 Å². The maximum atomic E-state index is 11.5. The fraction of sp³-hybridized carbons (Fsp3) is 1.00. The summed E-state index contributed by atoms with van der Waals surface area (Å²) < 4.78 is 33.1. The van der Waals surface area contributed by atoms with Crippen molar-refractivity contribution in [2.45, 2.75) is 60.2 Å². The summed E-state index contributed by atoms with van der Waals surface area (Å²) in [5, 5.41) is 0. The summed E-state index contributed by atoms with van der Waals surface area (Å²) in [7, 11) is -3.85. The first-order valence-electron chi connectivity index (χ1n) is 5.53. The summed E-state index contributed by atoms with van der Waals surface area (Å²) in [5.41, 5.74) is -0.416. The van der Waals surface area contributed by atoms with E-state index in [1.807, 2.05) is 41.5 Å². The van der Waals surface area contributed by atoms with Crippen molar-refractivity contribution in [3.8, 4) is 0 Å². The lowest BCUT2D eigenvalue weighted by atomic mass is 9.79. The van der Waals surface area contributed by atoms with Crippen molar-refractivity contribution in [3.63, 3.8) is 0 Å². The van der Waals surface area contributed by atoms with Crippen LogP contribution in [0.2, 0.25) is 0 Å². The molecule has 96 valence electrons. The number of rotatable bonds is 0. The first kappa shape index (κ1) is 13.9. The molecule has 0 spiro atoms. The van der Waals surface area contributed by atoms with Crippen molar-refractivity contribution in [2.24, 2.45) is 10.8 Å². The Hall–Kier alpha value is -0.130. The first-order valence-corrected chi connectivity index (χ1v) is 6.87. The SMILES string of the molecule is CC(C)(C)C1CC(C(C)(C)C)OS(=O)(=O)O1. The molecule has 0 aliphatic carbocycles. The van der Waals surface area contributed by atoms with Gasteiger partial charge in [-0.3, -0.25) is 0 Å². The molecule has 0 aromatic rings. The van der Waals surface area contributed by atoms with Crippen LogP contribution in [0.15, 0.2) is 0 Å². The van der Waals surface area contributed by atoms with Gasteiger partial charge in [0.15, 0.2) is 0 Å². The molecule has 1 aliphatic heterocycles. The molecule has 2 atom stereocenters. The topological polar surface area (TPSA) is 52.6 Å². The van der Waals surface area contributed by atoms with Crippen LogP contribution in [-0.2, 0) is 18.8 Å². The van der Waals surface area contributed by atoms with Crippen molar-refractivity contribution in [1.29, 1.82) is 0 Å². The lowest BCUT2D eigenvalue weighted by Crippen LogP contribution is -2.46. The van der Waals surface area contributed by atoms with Gasteiger partial charge >= 0.3 is 10.4 Å². The minimum Gasteiger partial charge on any atom is -0.244 e. The molecule has 0 saturated carbocycles. The highest BCUT2D eigenvalue weighted by molar-refractivity contribution is 7.81. The third-order valence-electron chi connectivity index (χ3n) is 2.83. The predicted octanol–water partition coefficient (Wildman–Crippen LogP) is 2.50. The summed E-state index contributed by atoms with van der Waals surface area (Å²) in [6.45, 7) is 11.8. The Morgan fingerprint density at radius 3 is 1.44 bits per heavy atom. The molecule has 1 aliphatic rings. The Labute approximate surface area is 98.7 Å². The van der Waals surface area contributed by atoms with Gasteiger partial charge in [0.05, 0.1) is 12.2 Å². The van der Waals surface area contributed by atoms with Gasteiger partial charge in [-0.1, -0.05) is 41.5 Å². The van der Waals surface area contributed by atoms with Crippen LogP contribution in [0.3, 0.4) is 0 Å². The molecule has 1 saturated heterocycles. The lowest BCUT2D eigenvalue weighted by molar-refractivity contribution is -0.0480. The number of hydrogen-bond acceptors (Lipinski definition) is 4. The van der Waals surface area contributed by atoms with E-state index in [0.717, 1.165) is 0 Å². The maximum absolute atomic E-state index is 11.5. The van der Waals surface area contributed by atoms with Gasteiger partial charge in [-0.2, -0.15) is 8.42 Å². The average Bonchev–Trinajstić information content (AvgIpc) is 1.97. The Morgan fingerprint density at radius 1 is 0.875 bits per heavy atom. The second-order valence-electron chi connectivity index (χ2n) is 6.55. The third kappa shape index (κ3) is 3.43. The number of hydrogen-bond donors (Lipinski definition) is 0. The molecule has 2 unspecified atom stereocenters. The summed E-state index contributed by atoms with van der Waals surface area (Å²) in [5.74, 6) is 0. The maximum Gasteiger partial charge on any atom is 0.400 e. The van der Waals surface area contributed by atoms with Gasteiger partial charge in [0.2, 0.25) is 0 Å². The molecule has 1 fully saturated rings. The van der Waals surface area contributed by atoms with Crippen molar-refractivity contribution < 1.29 is 16.8 Å². The van der Waals surface area contributed by atoms with Crippen LogP contribution in [0.5, 0.6) is 0 Å². The molecular weight excluding hydrogens is 228 g/mol. The minimum atomic E-state index is -3.85. The van der Waals surface area contributed by atoms with E-state index in [-0.39, 0.29) is 23.0 Å². The van der Waals surface area contributed by atoms with Gasteiger partial charge in [-0.25, -0.2) is 8.37 Å². The van der Waals surface area contributed by atoms with Crippen LogP contribution in [0.4, 0.5) is 0 Å². The standard InChI is InChI=1S/C11H22O4S/c1-10(2,3)8-7-9(11(4,5)6)15-16(12,13)14-8/h8-9H,7H2,1-6H3. The van der Waals surface area contributed by atoms with E-state index in [4.69, 9.17) is 8.37 Å². The summed E-state index contributed by atoms with van der Waals surface area (Å²) in [6, 6.07) is 0. The highest BCUT2D eigenvalue weighted by Crippen LogP contribution is 2.38. The fourth-order valence-electron chi connectivity index (χ4n) is 1.58. The van der Waals surface area contributed by atoms with Crippen LogP contribution < -0.4 is 0 Å². The van der Waals surface area contributed by atoms with Gasteiger partial charge in [0.1, 0.15) is 0 Å². The Kier molecular flexibility index (Phi) is 3.45. The minimum absolute atomic E-state index is 0.208. The Morgan fingerprint density at radius 2 is 1.19 bits per heavy atom. The van der Waals surface area contributed by atoms with E-state index in [0.29, 0.717) is 6.42 Å². The molecule has 0 aromatic heterocycles. The quantitative estimate of drug-likeness (QED) is 0.663. The largest absolute Gasteiger partial charge is 0.400 e. The highest BCUT2D eigenvalue weighted by atomic mass is 32.3. The van der Waals surface area contributed by atoms with Crippen molar-refractivity contribution in [2.75, 3.05) is 0 Å². The van der Waals surface area contributed by atoms with Crippen molar-refractivity contribution >= 4 is 10.4 Å². The van der Waals surface area contributed by atoms with Gasteiger partial charge in [0.25, 0.3) is 0 Å². The van der Waals surface area contributed by atoms with Crippen molar-refractivity contribution in [3.05, 3.63) is 0 Å². The van der Waals surface area contributed by atoms with E-state index in [1.54, 1.807) is 0 Å². The van der Waals surface area contributed by atoms with Gasteiger partial charge < -0.3 is 0 Å². The molecule has 1 rings (SSSR count). The first-order chi connectivity index (χ1) is 6.92. The van der Waals surface area contributed by atoms with Gasteiger partial charge in [0, 0.05) is 6.42 Å². The van der Waals surface area contributed by atoms with Crippen molar-refractivity contribution in [1.82, 2.24) is 0 Å². The Balaban J connectivity index is 2.96.